The number of amides is 1. The summed E-state index contributed by atoms with van der Waals surface area (Å²) in [5.41, 5.74) is 5.28. The van der Waals surface area contributed by atoms with Gasteiger partial charge in [0.25, 0.3) is 12.3 Å². The van der Waals surface area contributed by atoms with E-state index in [1.165, 1.54) is 6.07 Å². The van der Waals surface area contributed by atoms with Crippen LogP contribution in [0.5, 0.6) is 0 Å². The molecule has 0 fully saturated rings. The molecule has 1 unspecified atom stereocenters. The minimum absolute atomic E-state index is 0.0500. The number of nitrogens with zero attached hydrogens (tertiary/aromatic N) is 1. The number of aromatic nitrogens is 2. The number of aromatic amines is 1. The second kappa shape index (κ2) is 4.69. The van der Waals surface area contributed by atoms with E-state index in [-0.39, 0.29) is 11.5 Å². The first-order chi connectivity index (χ1) is 7.00. The average molecular weight is 220 g/mol. The van der Waals surface area contributed by atoms with Crippen LogP contribution in [0.3, 0.4) is 0 Å². The maximum absolute atomic E-state index is 11.8. The third-order valence-electron chi connectivity index (χ3n) is 1.60. The number of alkyl halides is 2. The van der Waals surface area contributed by atoms with E-state index in [4.69, 9.17) is 10.8 Å². The zero-order valence-corrected chi connectivity index (χ0v) is 7.58. The highest BCUT2D eigenvalue weighted by molar-refractivity contribution is 5.92. The van der Waals surface area contributed by atoms with Gasteiger partial charge in [0.2, 0.25) is 0 Å². The summed E-state index contributed by atoms with van der Waals surface area (Å²) >= 11 is 0. The molecule has 15 heavy (non-hydrogen) atoms. The molecule has 0 bridgehead atoms. The topological polar surface area (TPSA) is 104 Å². The maximum atomic E-state index is 11.8. The van der Waals surface area contributed by atoms with E-state index in [1.807, 2.05) is 0 Å². The van der Waals surface area contributed by atoms with Gasteiger partial charge in [-0.3, -0.25) is 9.89 Å². The summed E-state index contributed by atoms with van der Waals surface area (Å²) in [4.78, 5) is 11.2. The second-order valence-corrected chi connectivity index (χ2v) is 2.82. The van der Waals surface area contributed by atoms with Gasteiger partial charge >= 0.3 is 0 Å². The van der Waals surface area contributed by atoms with E-state index in [2.05, 4.69) is 15.5 Å². The lowest BCUT2D eigenvalue weighted by atomic mass is 10.3. The van der Waals surface area contributed by atoms with Crippen LogP contribution in [-0.4, -0.2) is 40.3 Å². The molecule has 0 aliphatic heterocycles. The summed E-state index contributed by atoms with van der Waals surface area (Å²) in [7, 11) is 0. The van der Waals surface area contributed by atoms with Crippen LogP contribution in [0.1, 0.15) is 10.5 Å². The van der Waals surface area contributed by atoms with Crippen LogP contribution in [0, 0.1) is 0 Å². The van der Waals surface area contributed by atoms with Crippen LogP contribution < -0.4 is 11.1 Å². The first-order valence-corrected chi connectivity index (χ1v) is 4.06. The minimum atomic E-state index is -2.89. The second-order valence-electron chi connectivity index (χ2n) is 2.82. The molecule has 1 aromatic rings. The molecule has 0 aliphatic rings. The Labute approximate surface area is 83.5 Å². The standard InChI is InChI=1S/C7H10F2N4O2/c8-6(9)4(14)2-11-7(15)3-1-5(10)13-12-3/h1,4,6,14H,2H2,(H,11,15)(H3,10,12,13). The fraction of sp³-hybridized carbons (Fsp3) is 0.429. The summed E-state index contributed by atoms with van der Waals surface area (Å²) in [6, 6.07) is 1.25. The number of aliphatic hydroxyl groups excluding tert-OH is 1. The molecule has 8 heteroatoms. The SMILES string of the molecule is Nc1cc(C(=O)NCC(O)C(F)F)[nH]n1. The Bertz CT molecular complexity index is 341. The van der Waals surface area contributed by atoms with Crippen LogP contribution in [0.2, 0.25) is 0 Å². The number of anilines is 1. The predicted octanol–water partition coefficient (Wildman–Crippen LogP) is -0.652. The molecule has 0 aromatic carbocycles. The van der Waals surface area contributed by atoms with Gasteiger partial charge in [-0.2, -0.15) is 5.10 Å². The van der Waals surface area contributed by atoms with Gasteiger partial charge in [0.1, 0.15) is 17.6 Å². The van der Waals surface area contributed by atoms with E-state index in [1.54, 1.807) is 0 Å². The molecule has 1 rings (SSSR count). The van der Waals surface area contributed by atoms with Gasteiger partial charge in [0.15, 0.2) is 0 Å². The quantitative estimate of drug-likeness (QED) is 0.541. The van der Waals surface area contributed by atoms with Gasteiger partial charge in [-0.15, -0.1) is 0 Å². The number of aliphatic hydroxyl groups is 1. The van der Waals surface area contributed by atoms with Crippen LogP contribution in [-0.2, 0) is 0 Å². The van der Waals surface area contributed by atoms with Gasteiger partial charge in [0, 0.05) is 12.6 Å². The summed E-state index contributed by atoms with van der Waals surface area (Å²) in [6.45, 7) is -0.532. The highest BCUT2D eigenvalue weighted by Crippen LogP contribution is 2.01. The molecule has 0 saturated heterocycles. The summed E-state index contributed by atoms with van der Waals surface area (Å²) in [6.07, 6.45) is -4.77. The van der Waals surface area contributed by atoms with E-state index in [0.29, 0.717) is 0 Å². The number of nitrogens with one attached hydrogen (secondary N) is 2. The fourth-order valence-electron chi connectivity index (χ4n) is 0.835. The van der Waals surface area contributed by atoms with E-state index < -0.39 is 25.0 Å². The zero-order chi connectivity index (χ0) is 11.4. The van der Waals surface area contributed by atoms with Crippen molar-refractivity contribution in [1.29, 1.82) is 0 Å². The first kappa shape index (κ1) is 11.4. The number of halogens is 2. The van der Waals surface area contributed by atoms with Gasteiger partial charge < -0.3 is 16.2 Å². The fourth-order valence-corrected chi connectivity index (χ4v) is 0.835. The number of H-pyrrole nitrogens is 1. The lowest BCUT2D eigenvalue weighted by Gasteiger charge is -2.09. The smallest absolute Gasteiger partial charge is 0.269 e. The molecule has 1 amide bonds. The van der Waals surface area contributed by atoms with Crippen molar-refractivity contribution < 1.29 is 18.7 Å². The Morgan fingerprint density at radius 1 is 1.73 bits per heavy atom. The van der Waals surface area contributed by atoms with Crippen molar-refractivity contribution in [3.8, 4) is 0 Å². The largest absolute Gasteiger partial charge is 0.385 e. The number of carbonyl (C=O) groups excluding carboxylic acids is 1. The highest BCUT2D eigenvalue weighted by atomic mass is 19.3. The molecule has 0 aliphatic carbocycles. The van der Waals surface area contributed by atoms with Crippen molar-refractivity contribution in [3.63, 3.8) is 0 Å². The molecule has 6 nitrogen and oxygen atoms in total. The van der Waals surface area contributed by atoms with Crippen molar-refractivity contribution in [2.45, 2.75) is 12.5 Å². The molecule has 0 radical (unpaired) electrons. The number of nitrogen functional groups attached to an aromatic ring is 1. The summed E-state index contributed by atoms with van der Waals surface area (Å²) in [5, 5.41) is 16.6. The number of nitrogens with two attached hydrogens (primary N) is 1. The Kier molecular flexibility index (Phi) is 3.56. The van der Waals surface area contributed by atoms with E-state index >= 15 is 0 Å². The minimum Gasteiger partial charge on any atom is -0.385 e. The zero-order valence-electron chi connectivity index (χ0n) is 7.58. The molecule has 5 N–H and O–H groups in total. The van der Waals surface area contributed by atoms with E-state index in [9.17, 15) is 13.6 Å². The van der Waals surface area contributed by atoms with Crippen LogP contribution in [0.25, 0.3) is 0 Å². The Morgan fingerprint density at radius 3 is 2.87 bits per heavy atom. The number of rotatable bonds is 4. The molecule has 1 atom stereocenters. The van der Waals surface area contributed by atoms with Crippen LogP contribution >= 0.6 is 0 Å². The van der Waals surface area contributed by atoms with Crippen molar-refractivity contribution >= 4 is 11.7 Å². The molecular formula is C7H10F2N4O2. The lowest BCUT2D eigenvalue weighted by Crippen LogP contribution is -2.35. The molecule has 84 valence electrons. The van der Waals surface area contributed by atoms with Crippen LogP contribution in [0.15, 0.2) is 6.07 Å². The highest BCUT2D eigenvalue weighted by Gasteiger charge is 2.18. The van der Waals surface area contributed by atoms with Gasteiger partial charge in [-0.05, 0) is 0 Å². The number of hydrogen-bond donors (Lipinski definition) is 4. The van der Waals surface area contributed by atoms with Crippen molar-refractivity contribution in [3.05, 3.63) is 11.8 Å². The summed E-state index contributed by atoms with van der Waals surface area (Å²) in [5.74, 6) is -0.534. The lowest BCUT2D eigenvalue weighted by molar-refractivity contribution is -0.00272. The molecule has 0 spiro atoms. The summed E-state index contributed by atoms with van der Waals surface area (Å²) < 4.78 is 23.7. The Hall–Kier alpha value is -1.70. The molecule has 1 heterocycles. The van der Waals surface area contributed by atoms with Crippen molar-refractivity contribution in [1.82, 2.24) is 15.5 Å². The van der Waals surface area contributed by atoms with Crippen molar-refractivity contribution in [2.24, 2.45) is 0 Å². The van der Waals surface area contributed by atoms with Gasteiger partial charge in [0.05, 0.1) is 0 Å². The van der Waals surface area contributed by atoms with Gasteiger partial charge in [-0.25, -0.2) is 8.78 Å². The van der Waals surface area contributed by atoms with Crippen molar-refractivity contribution in [2.75, 3.05) is 12.3 Å². The first-order valence-electron chi connectivity index (χ1n) is 4.06. The molecule has 0 saturated carbocycles. The number of hydrogen-bond acceptors (Lipinski definition) is 4. The monoisotopic (exact) mass is 220 g/mol. The predicted molar refractivity (Wildman–Crippen MR) is 47.3 cm³/mol. The third-order valence-corrected chi connectivity index (χ3v) is 1.60. The molecular weight excluding hydrogens is 210 g/mol. The Morgan fingerprint density at radius 2 is 2.40 bits per heavy atom. The normalized spacial score (nSPS) is 12.8. The van der Waals surface area contributed by atoms with E-state index in [0.717, 1.165) is 0 Å². The number of carbonyl (C=O) groups is 1. The average Bonchev–Trinajstić information content (AvgIpc) is 2.60. The third kappa shape index (κ3) is 3.17. The van der Waals surface area contributed by atoms with Crippen LogP contribution in [0.4, 0.5) is 14.6 Å². The molecule has 1 aromatic heterocycles. The maximum Gasteiger partial charge on any atom is 0.269 e. The van der Waals surface area contributed by atoms with Gasteiger partial charge in [-0.1, -0.05) is 0 Å². The Balaban J connectivity index is 2.43.